The van der Waals surface area contributed by atoms with E-state index in [0.717, 1.165) is 6.21 Å². The number of nitro groups is 1. The van der Waals surface area contributed by atoms with E-state index in [1.807, 2.05) is 0 Å². The molecular weight excluding hydrogens is 322 g/mol. The van der Waals surface area contributed by atoms with Gasteiger partial charge in [-0.3, -0.25) is 0 Å². The van der Waals surface area contributed by atoms with Gasteiger partial charge in [0.15, 0.2) is 5.03 Å². The number of furan rings is 1. The number of rotatable bonds is 5. The van der Waals surface area contributed by atoms with E-state index in [1.165, 1.54) is 24.3 Å². The average Bonchev–Trinajstić information content (AvgIpc) is 2.95. The van der Waals surface area contributed by atoms with Crippen LogP contribution in [0.15, 0.2) is 45.0 Å². The molecule has 2 aromatic rings. The van der Waals surface area contributed by atoms with Crippen LogP contribution in [0.25, 0.3) is 11.3 Å². The Labute approximate surface area is 133 Å². The summed E-state index contributed by atoms with van der Waals surface area (Å²) in [5, 5.41) is 34.5. The van der Waals surface area contributed by atoms with Gasteiger partial charge in [0.25, 0.3) is 5.96 Å². The van der Waals surface area contributed by atoms with Gasteiger partial charge in [-0.25, -0.2) is 14.9 Å². The van der Waals surface area contributed by atoms with Crippen molar-refractivity contribution in [3.05, 3.63) is 51.8 Å². The molecule has 0 radical (unpaired) electrons. The second-order valence-corrected chi connectivity index (χ2v) is 4.34. The number of carboxylic acid groups (broad SMARTS) is 1. The zero-order valence-electron chi connectivity index (χ0n) is 11.9. The molecule has 0 aliphatic rings. The second kappa shape index (κ2) is 6.91. The minimum absolute atomic E-state index is 0.257. The third-order valence-corrected chi connectivity index (χ3v) is 2.69. The van der Waals surface area contributed by atoms with E-state index in [-0.39, 0.29) is 17.1 Å². The van der Waals surface area contributed by atoms with Crippen molar-refractivity contribution in [2.75, 3.05) is 0 Å². The lowest BCUT2D eigenvalue weighted by Crippen LogP contribution is -2.35. The number of hydrazine groups is 1. The number of phenols is 1. The molecular formula is C13H11N5O6. The Bertz CT molecular complexity index is 841. The van der Waals surface area contributed by atoms with E-state index in [9.17, 15) is 20.0 Å². The van der Waals surface area contributed by atoms with E-state index in [2.05, 4.69) is 10.2 Å². The van der Waals surface area contributed by atoms with Crippen LogP contribution in [-0.2, 0) is 0 Å². The van der Waals surface area contributed by atoms with E-state index >= 15 is 0 Å². The fourth-order valence-electron chi connectivity index (χ4n) is 1.70. The predicted octanol–water partition coefficient (Wildman–Crippen LogP) is 0.780. The highest BCUT2D eigenvalue weighted by molar-refractivity contribution is 5.92. The zero-order valence-corrected chi connectivity index (χ0v) is 11.9. The van der Waals surface area contributed by atoms with Crippen LogP contribution in [-0.4, -0.2) is 33.4 Å². The van der Waals surface area contributed by atoms with Crippen molar-refractivity contribution < 1.29 is 24.5 Å². The van der Waals surface area contributed by atoms with Gasteiger partial charge >= 0.3 is 5.97 Å². The molecule has 0 unspecified atom stereocenters. The fourth-order valence-corrected chi connectivity index (χ4v) is 1.70. The SMILES string of the molecule is N/C(=N\N=C\c1ccc(-c2ccc(O)c(C(=O)O)c2)o1)N[N+](=O)[O-]. The minimum Gasteiger partial charge on any atom is -0.507 e. The fraction of sp³-hybridized carbons (Fsp3) is 0. The van der Waals surface area contributed by atoms with Gasteiger partial charge in [0.05, 0.1) is 6.21 Å². The summed E-state index contributed by atoms with van der Waals surface area (Å²) in [5.74, 6) is -1.55. The van der Waals surface area contributed by atoms with E-state index in [0.29, 0.717) is 11.3 Å². The first-order valence-corrected chi connectivity index (χ1v) is 6.31. The van der Waals surface area contributed by atoms with Crippen LogP contribution in [0.4, 0.5) is 0 Å². The van der Waals surface area contributed by atoms with Crippen LogP contribution in [0.3, 0.4) is 0 Å². The lowest BCUT2D eigenvalue weighted by molar-refractivity contribution is -0.525. The topological polar surface area (TPSA) is 177 Å². The Morgan fingerprint density at radius 3 is 2.79 bits per heavy atom. The zero-order chi connectivity index (χ0) is 17.7. The number of hydrogen-bond acceptors (Lipinski definition) is 7. The van der Waals surface area contributed by atoms with Crippen LogP contribution >= 0.6 is 0 Å². The molecule has 0 spiro atoms. The molecule has 1 aromatic carbocycles. The van der Waals surface area contributed by atoms with Gasteiger partial charge in [0, 0.05) is 5.56 Å². The molecule has 0 bridgehead atoms. The summed E-state index contributed by atoms with van der Waals surface area (Å²) in [6.45, 7) is 0. The highest BCUT2D eigenvalue weighted by Gasteiger charge is 2.12. The Hall–Kier alpha value is -3.89. The number of guanidine groups is 1. The molecule has 2 rings (SSSR count). The Morgan fingerprint density at radius 1 is 1.38 bits per heavy atom. The highest BCUT2D eigenvalue weighted by atomic mass is 16.7. The molecule has 1 aromatic heterocycles. The van der Waals surface area contributed by atoms with Gasteiger partial charge in [-0.15, -0.1) is 5.10 Å². The molecule has 5 N–H and O–H groups in total. The summed E-state index contributed by atoms with van der Waals surface area (Å²) in [5.41, 5.74) is 6.95. The van der Waals surface area contributed by atoms with Crippen LogP contribution in [0.2, 0.25) is 0 Å². The quantitative estimate of drug-likeness (QED) is 0.268. The number of benzene rings is 1. The Kier molecular flexibility index (Phi) is 4.75. The molecule has 0 aliphatic heterocycles. The third kappa shape index (κ3) is 4.07. The first-order valence-electron chi connectivity index (χ1n) is 6.31. The first-order chi connectivity index (χ1) is 11.4. The van der Waals surface area contributed by atoms with Crippen molar-refractivity contribution in [2.24, 2.45) is 15.9 Å². The summed E-state index contributed by atoms with van der Waals surface area (Å²) in [7, 11) is 0. The number of aromatic hydroxyl groups is 1. The predicted molar refractivity (Wildman–Crippen MR) is 82.1 cm³/mol. The lowest BCUT2D eigenvalue weighted by atomic mass is 10.1. The maximum absolute atomic E-state index is 11.0. The summed E-state index contributed by atoms with van der Waals surface area (Å²) >= 11 is 0. The molecule has 0 amide bonds. The molecule has 0 saturated carbocycles. The Balaban J connectivity index is 2.18. The molecule has 1 heterocycles. The number of carboxylic acids is 1. The summed E-state index contributed by atoms with van der Waals surface area (Å²) < 4.78 is 5.42. The van der Waals surface area contributed by atoms with Crippen LogP contribution < -0.4 is 11.2 Å². The maximum atomic E-state index is 11.0. The number of nitrogens with two attached hydrogens (primary N) is 1. The van der Waals surface area contributed by atoms with Crippen molar-refractivity contribution in [2.45, 2.75) is 0 Å². The van der Waals surface area contributed by atoms with E-state index in [4.69, 9.17) is 15.3 Å². The normalized spacial score (nSPS) is 11.6. The summed E-state index contributed by atoms with van der Waals surface area (Å²) in [4.78, 5) is 21.1. The van der Waals surface area contributed by atoms with Crippen molar-refractivity contribution in [3.8, 4) is 17.1 Å². The molecule has 11 heteroatoms. The average molecular weight is 333 g/mol. The molecule has 0 saturated heterocycles. The Morgan fingerprint density at radius 2 is 2.12 bits per heavy atom. The summed E-state index contributed by atoms with van der Waals surface area (Å²) in [6, 6.07) is 7.07. The molecule has 0 fully saturated rings. The van der Waals surface area contributed by atoms with Crippen molar-refractivity contribution in [1.29, 1.82) is 0 Å². The maximum Gasteiger partial charge on any atom is 0.339 e. The largest absolute Gasteiger partial charge is 0.507 e. The van der Waals surface area contributed by atoms with Gasteiger partial charge in [-0.2, -0.15) is 5.10 Å². The number of hydrogen-bond donors (Lipinski definition) is 4. The monoisotopic (exact) mass is 333 g/mol. The number of nitrogens with one attached hydrogen (secondary N) is 1. The number of carbonyl (C=O) groups is 1. The van der Waals surface area contributed by atoms with E-state index < -0.39 is 17.0 Å². The van der Waals surface area contributed by atoms with Gasteiger partial charge in [-0.05, 0) is 30.3 Å². The first kappa shape index (κ1) is 16.5. The molecule has 0 atom stereocenters. The van der Waals surface area contributed by atoms with Crippen molar-refractivity contribution >= 4 is 18.1 Å². The molecule has 124 valence electrons. The van der Waals surface area contributed by atoms with Crippen molar-refractivity contribution in [1.82, 2.24) is 5.43 Å². The summed E-state index contributed by atoms with van der Waals surface area (Å²) in [6.07, 6.45) is 1.16. The molecule has 0 aliphatic carbocycles. The van der Waals surface area contributed by atoms with Crippen LogP contribution in [0.1, 0.15) is 16.1 Å². The van der Waals surface area contributed by atoms with Crippen molar-refractivity contribution in [3.63, 3.8) is 0 Å². The molecule has 11 nitrogen and oxygen atoms in total. The minimum atomic E-state index is -1.27. The van der Waals surface area contributed by atoms with Gasteiger partial charge in [0.1, 0.15) is 22.8 Å². The number of nitrogens with zero attached hydrogens (tertiary/aromatic N) is 3. The number of aromatic carboxylic acids is 1. The standard InChI is InChI=1S/C13H11N5O6/c14-13(17-18(22)23)16-15-6-8-2-4-11(24-8)7-1-3-10(19)9(5-7)12(20)21/h1-6,19H,(H,20,21)(H3,14,16,17)/b15-6+. The van der Waals surface area contributed by atoms with E-state index in [1.54, 1.807) is 11.5 Å². The molecule has 24 heavy (non-hydrogen) atoms. The third-order valence-electron chi connectivity index (χ3n) is 2.69. The van der Waals surface area contributed by atoms with Gasteiger partial charge in [0.2, 0.25) is 0 Å². The highest BCUT2D eigenvalue weighted by Crippen LogP contribution is 2.27. The second-order valence-electron chi connectivity index (χ2n) is 4.34. The van der Waals surface area contributed by atoms with Crippen LogP contribution in [0, 0.1) is 10.1 Å². The lowest BCUT2D eigenvalue weighted by Gasteiger charge is -2.02. The van der Waals surface area contributed by atoms with Gasteiger partial charge in [-0.1, -0.05) is 5.43 Å². The van der Waals surface area contributed by atoms with Crippen LogP contribution in [0.5, 0.6) is 5.75 Å². The smallest absolute Gasteiger partial charge is 0.339 e. The van der Waals surface area contributed by atoms with Gasteiger partial charge < -0.3 is 20.4 Å².